The van der Waals surface area contributed by atoms with E-state index < -0.39 is 0 Å². The number of aromatic nitrogens is 2. The molecule has 142 valence electrons. The van der Waals surface area contributed by atoms with Crippen molar-refractivity contribution in [1.82, 2.24) is 14.9 Å². The van der Waals surface area contributed by atoms with Gasteiger partial charge in [-0.2, -0.15) is 0 Å². The number of hydrogen-bond donors (Lipinski definition) is 1. The van der Waals surface area contributed by atoms with E-state index in [4.69, 9.17) is 9.47 Å². The molecule has 4 rings (SSSR count). The number of fused-ring (bicyclic) bond motifs is 1. The first kappa shape index (κ1) is 17.9. The normalized spacial score (nSPS) is 18.1. The van der Waals surface area contributed by atoms with Gasteiger partial charge >= 0.3 is 0 Å². The molecule has 0 atom stereocenters. The third-order valence-electron chi connectivity index (χ3n) is 4.71. The summed E-state index contributed by atoms with van der Waals surface area (Å²) in [6, 6.07) is 5.76. The van der Waals surface area contributed by atoms with Crippen LogP contribution in [0.3, 0.4) is 0 Å². The van der Waals surface area contributed by atoms with E-state index in [0.717, 1.165) is 56.1 Å². The molecule has 1 amide bonds. The van der Waals surface area contributed by atoms with Crippen LogP contribution >= 0.6 is 0 Å². The van der Waals surface area contributed by atoms with Crippen molar-refractivity contribution in [3.05, 3.63) is 36.5 Å². The summed E-state index contributed by atoms with van der Waals surface area (Å²) in [6.07, 6.45) is 7.60. The molecular weight excluding hydrogens is 344 g/mol. The molecule has 2 heterocycles. The minimum Gasteiger partial charge on any atom is -0.493 e. The van der Waals surface area contributed by atoms with Crippen molar-refractivity contribution in [3.63, 3.8) is 0 Å². The number of hydrogen-bond acceptors (Lipinski definition) is 6. The molecule has 1 aliphatic heterocycles. The van der Waals surface area contributed by atoms with Crippen LogP contribution < -0.4 is 10.1 Å². The van der Waals surface area contributed by atoms with Gasteiger partial charge in [0.2, 0.25) is 11.9 Å². The molecule has 0 bridgehead atoms. The zero-order valence-corrected chi connectivity index (χ0v) is 15.3. The lowest BCUT2D eigenvalue weighted by molar-refractivity contribution is -0.112. The van der Waals surface area contributed by atoms with Crippen LogP contribution in [0.15, 0.2) is 36.5 Å². The zero-order chi connectivity index (χ0) is 18.5. The largest absolute Gasteiger partial charge is 0.493 e. The molecule has 0 spiro atoms. The molecule has 2 aliphatic rings. The van der Waals surface area contributed by atoms with Crippen molar-refractivity contribution >= 4 is 22.8 Å². The number of benzene rings is 1. The first-order valence-electron chi connectivity index (χ1n) is 9.43. The van der Waals surface area contributed by atoms with Gasteiger partial charge in [0.15, 0.2) is 0 Å². The van der Waals surface area contributed by atoms with Crippen molar-refractivity contribution in [2.45, 2.75) is 12.8 Å². The molecule has 7 heteroatoms. The second-order valence-electron chi connectivity index (χ2n) is 6.97. The maximum Gasteiger partial charge on any atom is 0.250 e. The lowest BCUT2D eigenvalue weighted by Crippen LogP contribution is -2.36. The number of nitrogens with one attached hydrogen (secondary N) is 1. The third kappa shape index (κ3) is 5.24. The van der Waals surface area contributed by atoms with Gasteiger partial charge < -0.3 is 9.47 Å². The number of anilines is 1. The highest BCUT2D eigenvalue weighted by molar-refractivity contribution is 5.98. The van der Waals surface area contributed by atoms with E-state index in [9.17, 15) is 4.79 Å². The second kappa shape index (κ2) is 8.45. The van der Waals surface area contributed by atoms with Crippen LogP contribution in [0.4, 0.5) is 5.95 Å². The van der Waals surface area contributed by atoms with Crippen LogP contribution in [-0.4, -0.2) is 60.2 Å². The summed E-state index contributed by atoms with van der Waals surface area (Å²) in [5, 5.41) is 3.63. The van der Waals surface area contributed by atoms with E-state index in [2.05, 4.69) is 20.2 Å². The number of carbonyl (C=O) groups excluding carboxylic acids is 1. The number of morpholine rings is 1. The Morgan fingerprint density at radius 2 is 2.19 bits per heavy atom. The lowest BCUT2D eigenvalue weighted by Gasteiger charge is -2.24. The van der Waals surface area contributed by atoms with Gasteiger partial charge in [0.25, 0.3) is 0 Å². The highest BCUT2D eigenvalue weighted by atomic mass is 16.5. The maximum atomic E-state index is 12.1. The molecule has 1 aliphatic carbocycles. The molecular formula is C20H24N4O3. The third-order valence-corrected chi connectivity index (χ3v) is 4.71. The van der Waals surface area contributed by atoms with Gasteiger partial charge in [-0.3, -0.25) is 15.0 Å². The predicted octanol–water partition coefficient (Wildman–Crippen LogP) is 2.25. The summed E-state index contributed by atoms with van der Waals surface area (Å²) >= 11 is 0. The van der Waals surface area contributed by atoms with E-state index >= 15 is 0 Å². The van der Waals surface area contributed by atoms with Crippen LogP contribution in [0.25, 0.3) is 10.9 Å². The monoisotopic (exact) mass is 368 g/mol. The van der Waals surface area contributed by atoms with Gasteiger partial charge in [-0.15, -0.1) is 0 Å². The zero-order valence-electron chi connectivity index (χ0n) is 15.3. The number of ether oxygens (including phenoxy) is 2. The molecule has 7 nitrogen and oxygen atoms in total. The van der Waals surface area contributed by atoms with Gasteiger partial charge in [-0.25, -0.2) is 9.97 Å². The number of nitrogens with zero attached hydrogens (tertiary/aromatic N) is 3. The molecule has 1 aromatic heterocycles. The van der Waals surface area contributed by atoms with Gasteiger partial charge in [0.1, 0.15) is 5.75 Å². The van der Waals surface area contributed by atoms with Gasteiger partial charge in [0.05, 0.1) is 25.3 Å². The summed E-state index contributed by atoms with van der Waals surface area (Å²) < 4.78 is 11.1. The molecule has 27 heavy (non-hydrogen) atoms. The fourth-order valence-corrected chi connectivity index (χ4v) is 2.90. The summed E-state index contributed by atoms with van der Waals surface area (Å²) in [6.45, 7) is 4.77. The van der Waals surface area contributed by atoms with E-state index in [-0.39, 0.29) is 5.91 Å². The van der Waals surface area contributed by atoms with Crippen LogP contribution in [0, 0.1) is 5.92 Å². The first-order chi connectivity index (χ1) is 13.3. The Kier molecular flexibility index (Phi) is 5.60. The van der Waals surface area contributed by atoms with E-state index in [1.54, 1.807) is 6.20 Å². The van der Waals surface area contributed by atoms with Crippen molar-refractivity contribution in [1.29, 1.82) is 0 Å². The van der Waals surface area contributed by atoms with Crippen LogP contribution in [0.1, 0.15) is 12.8 Å². The van der Waals surface area contributed by atoms with Crippen LogP contribution in [0.5, 0.6) is 5.75 Å². The minimum atomic E-state index is -0.233. The van der Waals surface area contributed by atoms with Crippen LogP contribution in [-0.2, 0) is 9.53 Å². The van der Waals surface area contributed by atoms with E-state index in [0.29, 0.717) is 11.9 Å². The van der Waals surface area contributed by atoms with Crippen molar-refractivity contribution < 1.29 is 14.3 Å². The molecule has 0 unspecified atom stereocenters. The average molecular weight is 368 g/mol. The van der Waals surface area contributed by atoms with Gasteiger partial charge in [0, 0.05) is 43.4 Å². The SMILES string of the molecule is O=C(C=CCN1CCOCC1)Nc1ncc2ccc(OCC3CC3)cc2n1. The molecule has 1 saturated carbocycles. The van der Waals surface area contributed by atoms with E-state index in [1.807, 2.05) is 24.3 Å². The van der Waals surface area contributed by atoms with Crippen molar-refractivity contribution in [3.8, 4) is 5.75 Å². The predicted molar refractivity (Wildman–Crippen MR) is 103 cm³/mol. The van der Waals surface area contributed by atoms with Crippen LogP contribution in [0.2, 0.25) is 0 Å². The van der Waals surface area contributed by atoms with Gasteiger partial charge in [-0.1, -0.05) is 6.08 Å². The fraction of sp³-hybridized carbons (Fsp3) is 0.450. The van der Waals surface area contributed by atoms with Gasteiger partial charge in [-0.05, 0) is 30.9 Å². The summed E-state index contributed by atoms with van der Waals surface area (Å²) in [5.41, 5.74) is 0.755. The quantitative estimate of drug-likeness (QED) is 0.756. The number of amides is 1. The Hall–Kier alpha value is -2.51. The van der Waals surface area contributed by atoms with E-state index in [1.165, 1.54) is 18.9 Å². The molecule has 2 fully saturated rings. The Morgan fingerprint density at radius 1 is 1.33 bits per heavy atom. The first-order valence-corrected chi connectivity index (χ1v) is 9.43. The lowest BCUT2D eigenvalue weighted by atomic mass is 10.2. The Balaban J connectivity index is 1.34. The van der Waals surface area contributed by atoms with Crippen molar-refractivity contribution in [2.75, 3.05) is 44.8 Å². The average Bonchev–Trinajstić information content (AvgIpc) is 3.51. The topological polar surface area (TPSA) is 76.6 Å². The minimum absolute atomic E-state index is 0.233. The van der Waals surface area contributed by atoms with Crippen molar-refractivity contribution in [2.24, 2.45) is 5.92 Å². The highest BCUT2D eigenvalue weighted by Crippen LogP contribution is 2.30. The highest BCUT2D eigenvalue weighted by Gasteiger charge is 2.21. The summed E-state index contributed by atoms with van der Waals surface area (Å²) in [7, 11) is 0. The molecule has 1 saturated heterocycles. The Bertz CT molecular complexity index is 829. The molecule has 1 N–H and O–H groups in total. The Morgan fingerprint density at radius 3 is 3.00 bits per heavy atom. The molecule has 2 aromatic rings. The standard InChI is InChI=1S/C20H24N4O3/c25-19(2-1-7-24-8-10-26-11-9-24)23-20-21-13-16-5-6-17(12-18(16)22-20)27-14-15-3-4-15/h1-2,5-6,12-13,15H,3-4,7-11,14H2,(H,21,22,23,25). The number of rotatable bonds is 7. The Labute approximate surface area is 158 Å². The number of carbonyl (C=O) groups is 1. The summed E-state index contributed by atoms with van der Waals surface area (Å²) in [4.78, 5) is 23.0. The molecule has 0 radical (unpaired) electrons. The fourth-order valence-electron chi connectivity index (χ4n) is 2.90. The smallest absolute Gasteiger partial charge is 0.250 e. The molecule has 1 aromatic carbocycles. The second-order valence-corrected chi connectivity index (χ2v) is 6.97. The maximum absolute atomic E-state index is 12.1. The summed E-state index contributed by atoms with van der Waals surface area (Å²) in [5.74, 6) is 1.56.